The van der Waals surface area contributed by atoms with Crippen LogP contribution in [0.3, 0.4) is 0 Å². The maximum absolute atomic E-state index is 12.7. The SMILES string of the molecule is NC(=NCN1CC[C@H](NS(=O)(=O)c2cc3nc(Cl)ccc3s2)C1=O)Oc1cccs1.O=C(O)C(F)(F)F. The molecule has 3 aromatic heterocycles. The summed E-state index contributed by atoms with van der Waals surface area (Å²) in [6.45, 7) is 0.338. The molecule has 1 saturated heterocycles. The van der Waals surface area contributed by atoms with Crippen molar-refractivity contribution in [3.63, 3.8) is 0 Å². The van der Waals surface area contributed by atoms with Crippen molar-refractivity contribution < 1.29 is 41.0 Å². The Kier molecular flexibility index (Phi) is 8.96. The van der Waals surface area contributed by atoms with E-state index in [0.717, 1.165) is 11.3 Å². The fourth-order valence-corrected chi connectivity index (χ4v) is 6.15. The zero-order valence-corrected chi connectivity index (χ0v) is 21.5. The van der Waals surface area contributed by atoms with Gasteiger partial charge in [-0.2, -0.15) is 17.9 Å². The summed E-state index contributed by atoms with van der Waals surface area (Å²) in [6, 6.07) is 7.37. The van der Waals surface area contributed by atoms with Crippen LogP contribution >= 0.6 is 34.3 Å². The van der Waals surface area contributed by atoms with Crippen LogP contribution in [0.15, 0.2) is 44.9 Å². The number of amides is 1. The number of amidine groups is 1. The van der Waals surface area contributed by atoms with Crippen molar-refractivity contribution in [2.45, 2.75) is 22.8 Å². The highest BCUT2D eigenvalue weighted by molar-refractivity contribution is 7.91. The number of alkyl halides is 3. The molecule has 0 saturated carbocycles. The van der Waals surface area contributed by atoms with Gasteiger partial charge in [-0.15, -0.1) is 22.7 Å². The van der Waals surface area contributed by atoms with Crippen LogP contribution in [0, 0.1) is 0 Å². The summed E-state index contributed by atoms with van der Waals surface area (Å²) >= 11 is 8.29. The molecule has 0 unspecified atom stereocenters. The van der Waals surface area contributed by atoms with Crippen LogP contribution in [-0.4, -0.2) is 66.7 Å². The molecule has 4 N–H and O–H groups in total. The number of rotatable bonds is 6. The molecule has 0 radical (unpaired) electrons. The predicted octanol–water partition coefficient (Wildman–Crippen LogP) is 2.87. The molecular weight excluding hydrogens is 583 g/mol. The molecular formula is C19H17ClF3N5O6S3. The van der Waals surface area contributed by atoms with Gasteiger partial charge in [-0.1, -0.05) is 11.6 Å². The van der Waals surface area contributed by atoms with Gasteiger partial charge in [0.2, 0.25) is 5.91 Å². The largest absolute Gasteiger partial charge is 0.490 e. The number of hydrogen-bond donors (Lipinski definition) is 3. The first-order chi connectivity index (χ1) is 17.3. The van der Waals surface area contributed by atoms with Crippen LogP contribution in [0.1, 0.15) is 6.42 Å². The number of nitrogens with one attached hydrogen (secondary N) is 1. The Morgan fingerprint density at radius 1 is 1.38 bits per heavy atom. The van der Waals surface area contributed by atoms with Crippen molar-refractivity contribution in [2.24, 2.45) is 10.7 Å². The third-order valence-corrected chi connectivity index (χ3v) is 8.51. The van der Waals surface area contributed by atoms with E-state index in [1.165, 1.54) is 22.3 Å². The van der Waals surface area contributed by atoms with Gasteiger partial charge in [0.05, 0.1) is 10.2 Å². The predicted molar refractivity (Wildman–Crippen MR) is 130 cm³/mol. The molecule has 0 bridgehead atoms. The second-order valence-electron chi connectivity index (χ2n) is 7.12. The number of thiophene rings is 2. The highest BCUT2D eigenvalue weighted by Gasteiger charge is 2.38. The molecule has 37 heavy (non-hydrogen) atoms. The molecule has 0 aromatic carbocycles. The number of aliphatic imine (C=N–C) groups is 1. The molecule has 1 fully saturated rings. The number of nitrogens with two attached hydrogens (primary N) is 1. The van der Waals surface area contributed by atoms with E-state index in [1.807, 2.05) is 11.4 Å². The Hall–Kier alpha value is -2.99. The Labute approximate surface area is 220 Å². The van der Waals surface area contributed by atoms with Gasteiger partial charge in [0.15, 0.2) is 5.06 Å². The van der Waals surface area contributed by atoms with E-state index in [4.69, 9.17) is 32.0 Å². The number of fused-ring (bicyclic) bond motifs is 1. The van der Waals surface area contributed by atoms with E-state index < -0.39 is 28.2 Å². The maximum atomic E-state index is 12.7. The van der Waals surface area contributed by atoms with E-state index >= 15 is 0 Å². The molecule has 18 heteroatoms. The first-order valence-electron chi connectivity index (χ1n) is 9.95. The van der Waals surface area contributed by atoms with Gasteiger partial charge in [0.1, 0.15) is 22.1 Å². The number of carbonyl (C=O) groups excluding carboxylic acids is 1. The summed E-state index contributed by atoms with van der Waals surface area (Å²) in [5.41, 5.74) is 6.21. The normalized spacial score (nSPS) is 16.5. The Morgan fingerprint density at radius 2 is 2.08 bits per heavy atom. The van der Waals surface area contributed by atoms with Crippen molar-refractivity contribution in [3.8, 4) is 5.06 Å². The average molecular weight is 600 g/mol. The molecule has 4 rings (SSSR count). The zero-order valence-electron chi connectivity index (χ0n) is 18.3. The van der Waals surface area contributed by atoms with Crippen LogP contribution < -0.4 is 15.2 Å². The van der Waals surface area contributed by atoms with E-state index in [0.29, 0.717) is 28.2 Å². The van der Waals surface area contributed by atoms with Crippen LogP contribution in [0.4, 0.5) is 13.2 Å². The minimum absolute atomic E-state index is 0.0143. The van der Waals surface area contributed by atoms with Crippen molar-refractivity contribution in [2.75, 3.05) is 13.2 Å². The van der Waals surface area contributed by atoms with Crippen molar-refractivity contribution in [1.82, 2.24) is 14.6 Å². The minimum atomic E-state index is -5.08. The fraction of sp³-hybridized carbons (Fsp3) is 0.263. The number of sulfonamides is 1. The Bertz CT molecular complexity index is 1410. The van der Waals surface area contributed by atoms with Crippen LogP contribution in [0.5, 0.6) is 5.06 Å². The molecule has 200 valence electrons. The van der Waals surface area contributed by atoms with E-state index in [2.05, 4.69) is 14.7 Å². The van der Waals surface area contributed by atoms with Crippen LogP contribution in [-0.2, 0) is 19.6 Å². The van der Waals surface area contributed by atoms with Crippen LogP contribution in [0.25, 0.3) is 10.2 Å². The number of pyridine rings is 1. The van der Waals surface area contributed by atoms with Crippen molar-refractivity contribution >= 4 is 72.4 Å². The highest BCUT2D eigenvalue weighted by Crippen LogP contribution is 2.29. The number of halogens is 4. The minimum Gasteiger partial charge on any atom is -0.475 e. The van der Waals surface area contributed by atoms with Gasteiger partial charge in [-0.3, -0.25) is 4.79 Å². The number of aromatic nitrogens is 1. The molecule has 1 aliphatic rings. The molecule has 4 heterocycles. The summed E-state index contributed by atoms with van der Waals surface area (Å²) in [5.74, 6) is -3.12. The Morgan fingerprint density at radius 3 is 2.70 bits per heavy atom. The second kappa shape index (κ2) is 11.6. The molecule has 11 nitrogen and oxygen atoms in total. The molecule has 0 spiro atoms. The molecule has 0 aliphatic carbocycles. The van der Waals surface area contributed by atoms with E-state index in [-0.39, 0.29) is 28.0 Å². The Balaban J connectivity index is 0.000000479. The maximum Gasteiger partial charge on any atom is 0.490 e. The number of carboxylic acids is 1. The third-order valence-electron chi connectivity index (χ3n) is 4.52. The lowest BCUT2D eigenvalue weighted by Crippen LogP contribution is -2.41. The quantitative estimate of drug-likeness (QED) is 0.221. The number of carbonyl (C=O) groups is 2. The van der Waals surface area contributed by atoms with Gasteiger partial charge in [-0.25, -0.2) is 23.2 Å². The molecule has 3 aromatic rings. The van der Waals surface area contributed by atoms with Gasteiger partial charge in [0.25, 0.3) is 16.0 Å². The average Bonchev–Trinajstić information content (AvgIpc) is 3.53. The third kappa shape index (κ3) is 7.75. The summed E-state index contributed by atoms with van der Waals surface area (Å²) in [4.78, 5) is 31.1. The molecule has 1 atom stereocenters. The van der Waals surface area contributed by atoms with Gasteiger partial charge in [-0.05, 0) is 42.1 Å². The zero-order chi connectivity index (χ0) is 27.4. The summed E-state index contributed by atoms with van der Waals surface area (Å²) in [7, 11) is -3.89. The number of aliphatic carboxylic acids is 1. The smallest absolute Gasteiger partial charge is 0.475 e. The second-order valence-corrected chi connectivity index (χ2v) is 11.4. The monoisotopic (exact) mass is 599 g/mol. The lowest BCUT2D eigenvalue weighted by Gasteiger charge is -2.15. The number of carboxylic acid groups (broad SMARTS) is 1. The fourth-order valence-electron chi connectivity index (χ4n) is 2.85. The van der Waals surface area contributed by atoms with Gasteiger partial charge >= 0.3 is 12.1 Å². The molecule has 1 aliphatic heterocycles. The first-order valence-corrected chi connectivity index (χ1v) is 13.5. The first kappa shape index (κ1) is 28.6. The van der Waals surface area contributed by atoms with Crippen molar-refractivity contribution in [1.29, 1.82) is 0 Å². The van der Waals surface area contributed by atoms with E-state index in [1.54, 1.807) is 18.2 Å². The van der Waals surface area contributed by atoms with Gasteiger partial charge < -0.3 is 20.5 Å². The van der Waals surface area contributed by atoms with Crippen molar-refractivity contribution in [3.05, 3.63) is 40.9 Å². The summed E-state index contributed by atoms with van der Waals surface area (Å²) in [5, 5.41) is 9.83. The number of ether oxygens (including phenoxy) is 1. The number of nitrogens with zero attached hydrogens (tertiary/aromatic N) is 3. The topological polar surface area (TPSA) is 164 Å². The highest BCUT2D eigenvalue weighted by atomic mass is 35.5. The summed E-state index contributed by atoms with van der Waals surface area (Å²) in [6.07, 6.45) is -4.76. The standard InChI is InChI=1S/C17H16ClN5O4S3.C2HF3O2/c18-13-4-3-12-11(21-13)8-15(29-12)30(25,26)22-10-5-6-23(16(10)24)9-20-17(19)27-14-2-1-7-28-14;3-2(4,5)1(6)7/h1-4,7-8,10,22H,5-6,9H2,(H2,19,20);(H,6,7)/t10-;/m0./s1. The van der Waals surface area contributed by atoms with E-state index in [9.17, 15) is 26.4 Å². The van der Waals surface area contributed by atoms with Gasteiger partial charge in [0, 0.05) is 6.54 Å². The lowest BCUT2D eigenvalue weighted by atomic mass is 10.3. The molecule has 1 amide bonds. The van der Waals surface area contributed by atoms with Crippen LogP contribution in [0.2, 0.25) is 5.15 Å². The lowest BCUT2D eigenvalue weighted by molar-refractivity contribution is -0.192. The number of hydrogen-bond acceptors (Lipinski definition) is 9. The summed E-state index contributed by atoms with van der Waals surface area (Å²) < 4.78 is 65.8. The number of likely N-dealkylation sites (tertiary alicyclic amines) is 1.